The quantitative estimate of drug-likeness (QED) is 0.474. The maximum atomic E-state index is 14.6. The minimum absolute atomic E-state index is 0.199. The second kappa shape index (κ2) is 8.68. The molecule has 1 fully saturated rings. The molecule has 0 amide bonds. The van der Waals surface area contributed by atoms with Crippen LogP contribution in [0.4, 0.5) is 10.1 Å². The van der Waals surface area contributed by atoms with E-state index in [1.54, 1.807) is 18.3 Å². The van der Waals surface area contributed by atoms with Crippen LogP contribution in [0.2, 0.25) is 0 Å². The van der Waals surface area contributed by atoms with Gasteiger partial charge in [-0.2, -0.15) is 5.10 Å². The Morgan fingerprint density at radius 3 is 2.41 bits per heavy atom. The third-order valence-corrected chi connectivity index (χ3v) is 6.45. The number of hydrogen-bond acceptors (Lipinski definition) is 6. The molecule has 0 spiro atoms. The molecule has 4 aromatic rings. The maximum Gasteiger partial charge on any atom is 0.166 e. The molecular formula is C26H29FN6O. The monoisotopic (exact) mass is 460 g/mol. The Hall–Kier alpha value is -3.52. The summed E-state index contributed by atoms with van der Waals surface area (Å²) in [4.78, 5) is 13.9. The first kappa shape index (κ1) is 22.3. The lowest BCUT2D eigenvalue weighted by Gasteiger charge is -2.43. The van der Waals surface area contributed by atoms with E-state index in [1.165, 1.54) is 18.9 Å². The van der Waals surface area contributed by atoms with Gasteiger partial charge in [0.1, 0.15) is 28.3 Å². The molecule has 0 saturated carbocycles. The third kappa shape index (κ3) is 4.09. The van der Waals surface area contributed by atoms with Gasteiger partial charge < -0.3 is 9.64 Å². The number of hydrogen-bond donors (Lipinski definition) is 1. The Morgan fingerprint density at radius 1 is 1.00 bits per heavy atom. The molecule has 34 heavy (non-hydrogen) atoms. The molecule has 7 nitrogen and oxygen atoms in total. The van der Waals surface area contributed by atoms with Gasteiger partial charge in [0.2, 0.25) is 0 Å². The zero-order chi connectivity index (χ0) is 23.9. The number of methoxy groups -OCH3 is 1. The van der Waals surface area contributed by atoms with Crippen molar-refractivity contribution in [2.24, 2.45) is 0 Å². The molecule has 0 unspecified atom stereocenters. The standard InChI is InChI=1S/C26H29FN6O/c1-26(2,3)33-14-12-32(13-15-33)18-10-8-17(9-11-18)23-24-20(30-31-23)16-28-25(29-24)22-19(27)6-5-7-21(22)34-4/h5-11,16H,12-15H2,1-4H3,(H,30,31). The lowest BCUT2D eigenvalue weighted by atomic mass is 10.0. The van der Waals surface area contributed by atoms with Crippen molar-refractivity contribution in [3.05, 3.63) is 54.5 Å². The second-order valence-corrected chi connectivity index (χ2v) is 9.54. The van der Waals surface area contributed by atoms with Crippen molar-refractivity contribution in [3.8, 4) is 28.4 Å². The maximum absolute atomic E-state index is 14.6. The number of piperazine rings is 1. The number of aromatic amines is 1. The molecule has 1 N–H and O–H groups in total. The highest BCUT2D eigenvalue weighted by Gasteiger charge is 2.26. The average Bonchev–Trinajstić information content (AvgIpc) is 3.27. The summed E-state index contributed by atoms with van der Waals surface area (Å²) in [5, 5.41) is 7.46. The van der Waals surface area contributed by atoms with Crippen LogP contribution in [-0.4, -0.2) is 63.9 Å². The molecule has 1 saturated heterocycles. The number of ether oxygens (including phenoxy) is 1. The summed E-state index contributed by atoms with van der Waals surface area (Å²) in [5.41, 5.74) is 4.61. The molecule has 5 rings (SSSR count). The fourth-order valence-electron chi connectivity index (χ4n) is 4.49. The van der Waals surface area contributed by atoms with Crippen LogP contribution in [0.3, 0.4) is 0 Å². The van der Waals surface area contributed by atoms with Gasteiger partial charge in [-0.1, -0.05) is 18.2 Å². The minimum atomic E-state index is -0.431. The number of fused-ring (bicyclic) bond motifs is 1. The number of H-pyrrole nitrogens is 1. The van der Waals surface area contributed by atoms with E-state index in [-0.39, 0.29) is 16.9 Å². The van der Waals surface area contributed by atoms with Gasteiger partial charge in [0.25, 0.3) is 0 Å². The summed E-state index contributed by atoms with van der Waals surface area (Å²) in [6.07, 6.45) is 1.63. The van der Waals surface area contributed by atoms with E-state index in [1.807, 2.05) is 0 Å². The van der Waals surface area contributed by atoms with Crippen molar-refractivity contribution >= 4 is 16.7 Å². The molecule has 2 aromatic heterocycles. The summed E-state index contributed by atoms with van der Waals surface area (Å²) in [6, 6.07) is 13.1. The predicted molar refractivity (Wildman–Crippen MR) is 133 cm³/mol. The summed E-state index contributed by atoms with van der Waals surface area (Å²) < 4.78 is 19.9. The molecule has 0 atom stereocenters. The van der Waals surface area contributed by atoms with Gasteiger partial charge in [-0.3, -0.25) is 10.00 Å². The van der Waals surface area contributed by atoms with Crippen LogP contribution in [0.25, 0.3) is 33.7 Å². The zero-order valence-electron chi connectivity index (χ0n) is 20.0. The molecule has 2 aromatic carbocycles. The smallest absolute Gasteiger partial charge is 0.166 e. The van der Waals surface area contributed by atoms with Crippen LogP contribution in [0.1, 0.15) is 20.8 Å². The summed E-state index contributed by atoms with van der Waals surface area (Å²) >= 11 is 0. The van der Waals surface area contributed by atoms with Gasteiger partial charge in [0.15, 0.2) is 5.82 Å². The second-order valence-electron chi connectivity index (χ2n) is 9.54. The summed E-state index contributed by atoms with van der Waals surface area (Å²) in [7, 11) is 1.50. The van der Waals surface area contributed by atoms with Crippen molar-refractivity contribution in [1.82, 2.24) is 25.1 Å². The third-order valence-electron chi connectivity index (χ3n) is 6.45. The van der Waals surface area contributed by atoms with E-state index < -0.39 is 5.82 Å². The Bertz CT molecular complexity index is 1300. The molecule has 1 aliphatic rings. The fourth-order valence-corrected chi connectivity index (χ4v) is 4.49. The Labute approximate surface area is 198 Å². The minimum Gasteiger partial charge on any atom is -0.496 e. The largest absolute Gasteiger partial charge is 0.496 e. The Kier molecular flexibility index (Phi) is 5.69. The van der Waals surface area contributed by atoms with Gasteiger partial charge in [0.05, 0.1) is 18.9 Å². The molecular weight excluding hydrogens is 431 g/mol. The zero-order valence-corrected chi connectivity index (χ0v) is 20.0. The predicted octanol–water partition coefficient (Wildman–Crippen LogP) is 4.76. The van der Waals surface area contributed by atoms with Crippen LogP contribution < -0.4 is 9.64 Å². The number of nitrogens with one attached hydrogen (secondary N) is 1. The number of anilines is 1. The SMILES string of the molecule is COc1cccc(F)c1-c1ncc2[nH]nc(-c3ccc(N4CCN(C(C)(C)C)CC4)cc3)c2n1. The summed E-state index contributed by atoms with van der Waals surface area (Å²) in [6.45, 7) is 10.9. The number of aromatic nitrogens is 4. The molecule has 0 aliphatic carbocycles. The lowest BCUT2D eigenvalue weighted by molar-refractivity contribution is 0.128. The van der Waals surface area contributed by atoms with Crippen molar-refractivity contribution < 1.29 is 9.13 Å². The van der Waals surface area contributed by atoms with Crippen LogP contribution in [0.5, 0.6) is 5.75 Å². The van der Waals surface area contributed by atoms with E-state index in [4.69, 9.17) is 4.74 Å². The number of nitrogens with zero attached hydrogens (tertiary/aromatic N) is 5. The molecule has 0 radical (unpaired) electrons. The molecule has 0 bridgehead atoms. The van der Waals surface area contributed by atoms with Gasteiger partial charge in [0, 0.05) is 43.0 Å². The van der Waals surface area contributed by atoms with E-state index in [0.717, 1.165) is 31.7 Å². The van der Waals surface area contributed by atoms with E-state index in [9.17, 15) is 4.39 Å². The lowest BCUT2D eigenvalue weighted by Crippen LogP contribution is -2.53. The first-order valence-electron chi connectivity index (χ1n) is 11.5. The van der Waals surface area contributed by atoms with Crippen molar-refractivity contribution in [1.29, 1.82) is 0 Å². The molecule has 3 heterocycles. The van der Waals surface area contributed by atoms with Gasteiger partial charge in [-0.15, -0.1) is 0 Å². The van der Waals surface area contributed by atoms with Crippen molar-refractivity contribution in [3.63, 3.8) is 0 Å². The summed E-state index contributed by atoms with van der Waals surface area (Å²) in [5.74, 6) is 0.221. The molecule has 1 aliphatic heterocycles. The number of halogens is 1. The van der Waals surface area contributed by atoms with Crippen molar-refractivity contribution in [2.45, 2.75) is 26.3 Å². The molecule has 8 heteroatoms. The van der Waals surface area contributed by atoms with E-state index in [0.29, 0.717) is 22.5 Å². The van der Waals surface area contributed by atoms with Gasteiger partial charge >= 0.3 is 0 Å². The van der Waals surface area contributed by atoms with Crippen LogP contribution in [0, 0.1) is 5.82 Å². The fraction of sp³-hybridized carbons (Fsp3) is 0.346. The number of rotatable bonds is 4. The molecule has 176 valence electrons. The van der Waals surface area contributed by atoms with Crippen LogP contribution in [-0.2, 0) is 0 Å². The van der Waals surface area contributed by atoms with Crippen molar-refractivity contribution in [2.75, 3.05) is 38.2 Å². The highest BCUT2D eigenvalue weighted by molar-refractivity contribution is 5.90. The van der Waals surface area contributed by atoms with Crippen LogP contribution >= 0.6 is 0 Å². The Morgan fingerprint density at radius 2 is 1.74 bits per heavy atom. The van der Waals surface area contributed by atoms with E-state index in [2.05, 4.69) is 75.0 Å². The van der Waals surface area contributed by atoms with Gasteiger partial charge in [-0.05, 0) is 45.0 Å². The van der Waals surface area contributed by atoms with Gasteiger partial charge in [-0.25, -0.2) is 14.4 Å². The van der Waals surface area contributed by atoms with Crippen LogP contribution in [0.15, 0.2) is 48.7 Å². The van der Waals surface area contributed by atoms with E-state index >= 15 is 0 Å². The highest BCUT2D eigenvalue weighted by atomic mass is 19.1. The first-order valence-corrected chi connectivity index (χ1v) is 11.5. The Balaban J connectivity index is 1.43. The average molecular weight is 461 g/mol. The number of benzene rings is 2. The topological polar surface area (TPSA) is 70.2 Å². The normalized spacial score (nSPS) is 15.1. The highest BCUT2D eigenvalue weighted by Crippen LogP contribution is 2.33. The first-order chi connectivity index (χ1) is 16.3.